The Morgan fingerprint density at radius 3 is 2.46 bits per heavy atom. The zero-order valence-electron chi connectivity index (χ0n) is 8.37. The second-order valence-corrected chi connectivity index (χ2v) is 4.37. The van der Waals surface area contributed by atoms with Gasteiger partial charge in [-0.2, -0.15) is 0 Å². The lowest BCUT2D eigenvalue weighted by molar-refractivity contribution is 0.0587. The van der Waals surface area contributed by atoms with Gasteiger partial charge in [0, 0.05) is 25.2 Å². The molecule has 76 valence electrons. The Morgan fingerprint density at radius 1 is 1.23 bits per heavy atom. The van der Waals surface area contributed by atoms with Crippen LogP contribution in [0.1, 0.15) is 26.2 Å². The van der Waals surface area contributed by atoms with E-state index < -0.39 is 0 Å². The molecule has 0 unspecified atom stereocenters. The van der Waals surface area contributed by atoms with Crippen LogP contribution in [0.4, 0.5) is 0 Å². The summed E-state index contributed by atoms with van der Waals surface area (Å²) in [5.41, 5.74) is 0. The first-order chi connectivity index (χ1) is 6.27. The van der Waals surface area contributed by atoms with E-state index in [1.54, 1.807) is 0 Å². The van der Waals surface area contributed by atoms with Crippen molar-refractivity contribution in [2.75, 3.05) is 19.6 Å². The number of piperidine rings is 1. The van der Waals surface area contributed by atoms with E-state index in [2.05, 4.69) is 17.1 Å². The van der Waals surface area contributed by atoms with Crippen molar-refractivity contribution < 1.29 is 5.11 Å². The van der Waals surface area contributed by atoms with Gasteiger partial charge in [-0.25, -0.2) is 0 Å². The number of hydrogen-bond donors (Lipinski definition) is 2. The lowest BCUT2D eigenvalue weighted by Crippen LogP contribution is -2.47. The number of nitrogens with one attached hydrogen (secondary N) is 1. The fourth-order valence-corrected chi connectivity index (χ4v) is 2.56. The number of likely N-dealkylation sites (tertiary alicyclic amines) is 1. The minimum atomic E-state index is -0.0408. The second-order valence-electron chi connectivity index (χ2n) is 4.37. The number of rotatable bonds is 1. The first-order valence-corrected chi connectivity index (χ1v) is 5.43. The van der Waals surface area contributed by atoms with Crippen LogP contribution in [-0.2, 0) is 0 Å². The summed E-state index contributed by atoms with van der Waals surface area (Å²) >= 11 is 0. The predicted octanol–water partition coefficient (Wildman–Crippen LogP) is 0.193. The van der Waals surface area contributed by atoms with Gasteiger partial charge in [0.05, 0.1) is 6.10 Å². The van der Waals surface area contributed by atoms with E-state index in [9.17, 15) is 5.11 Å². The molecule has 2 N–H and O–H groups in total. The summed E-state index contributed by atoms with van der Waals surface area (Å²) < 4.78 is 0. The lowest BCUT2D eigenvalue weighted by atomic mass is 10.0. The van der Waals surface area contributed by atoms with Gasteiger partial charge >= 0.3 is 0 Å². The van der Waals surface area contributed by atoms with E-state index in [4.69, 9.17) is 0 Å². The maximum Gasteiger partial charge on any atom is 0.0564 e. The number of aliphatic hydroxyl groups excluding tert-OH is 1. The molecule has 13 heavy (non-hydrogen) atoms. The predicted molar refractivity (Wildman–Crippen MR) is 52.7 cm³/mol. The quantitative estimate of drug-likeness (QED) is 0.611. The molecule has 0 bridgehead atoms. The van der Waals surface area contributed by atoms with Gasteiger partial charge in [0.25, 0.3) is 0 Å². The summed E-state index contributed by atoms with van der Waals surface area (Å²) in [7, 11) is 0. The maximum atomic E-state index is 9.39. The minimum absolute atomic E-state index is 0.0408. The standard InChI is InChI=1S/C10H20N2O/c1-8-10(2-5-11-8)12-6-3-9(13)4-7-12/h8-11,13H,2-7H2,1H3/t8-,10-/m0/s1. The van der Waals surface area contributed by atoms with E-state index in [1.165, 1.54) is 6.42 Å². The van der Waals surface area contributed by atoms with E-state index in [-0.39, 0.29) is 6.10 Å². The first-order valence-electron chi connectivity index (χ1n) is 5.43. The van der Waals surface area contributed by atoms with Crippen molar-refractivity contribution in [2.45, 2.75) is 44.4 Å². The van der Waals surface area contributed by atoms with Crippen LogP contribution >= 0.6 is 0 Å². The van der Waals surface area contributed by atoms with E-state index in [0.29, 0.717) is 12.1 Å². The Balaban J connectivity index is 1.86. The highest BCUT2D eigenvalue weighted by atomic mass is 16.3. The summed E-state index contributed by atoms with van der Waals surface area (Å²) in [6, 6.07) is 1.35. The molecule has 0 aliphatic carbocycles. The second kappa shape index (κ2) is 3.95. The van der Waals surface area contributed by atoms with Crippen LogP contribution in [0.5, 0.6) is 0 Å². The molecule has 3 heteroatoms. The van der Waals surface area contributed by atoms with Crippen molar-refractivity contribution in [2.24, 2.45) is 0 Å². The molecule has 2 aliphatic heterocycles. The Morgan fingerprint density at radius 2 is 1.92 bits per heavy atom. The molecule has 0 aromatic carbocycles. The maximum absolute atomic E-state index is 9.39. The van der Waals surface area contributed by atoms with Crippen molar-refractivity contribution in [1.29, 1.82) is 0 Å². The Kier molecular flexibility index (Phi) is 2.86. The van der Waals surface area contributed by atoms with Gasteiger partial charge in [0.2, 0.25) is 0 Å². The number of aliphatic hydroxyl groups is 1. The third-order valence-corrected chi connectivity index (χ3v) is 3.45. The van der Waals surface area contributed by atoms with Gasteiger partial charge in [0.1, 0.15) is 0 Å². The van der Waals surface area contributed by atoms with Crippen molar-refractivity contribution in [3.8, 4) is 0 Å². The summed E-state index contributed by atoms with van der Waals surface area (Å²) in [6.45, 7) is 5.59. The monoisotopic (exact) mass is 184 g/mol. The lowest BCUT2D eigenvalue weighted by Gasteiger charge is -2.36. The van der Waals surface area contributed by atoms with Crippen molar-refractivity contribution >= 4 is 0 Å². The van der Waals surface area contributed by atoms with Gasteiger partial charge in [-0.3, -0.25) is 4.90 Å². The third kappa shape index (κ3) is 2.03. The van der Waals surface area contributed by atoms with Crippen molar-refractivity contribution in [3.63, 3.8) is 0 Å². The molecule has 2 rings (SSSR count). The van der Waals surface area contributed by atoms with E-state index in [1.807, 2.05) is 0 Å². The van der Waals surface area contributed by atoms with Crippen LogP contribution in [0.25, 0.3) is 0 Å². The summed E-state index contributed by atoms with van der Waals surface area (Å²) in [4.78, 5) is 2.54. The molecule has 2 aliphatic rings. The van der Waals surface area contributed by atoms with Gasteiger partial charge in [-0.05, 0) is 32.7 Å². The minimum Gasteiger partial charge on any atom is -0.393 e. The van der Waals surface area contributed by atoms with Gasteiger partial charge in [-0.15, -0.1) is 0 Å². The van der Waals surface area contributed by atoms with Gasteiger partial charge in [-0.1, -0.05) is 0 Å². The molecule has 0 aromatic heterocycles. The SMILES string of the molecule is C[C@@H]1NCC[C@@H]1N1CCC(O)CC1. The molecule has 0 amide bonds. The zero-order chi connectivity index (χ0) is 9.26. The molecule has 0 saturated carbocycles. The topological polar surface area (TPSA) is 35.5 Å². The Hall–Kier alpha value is -0.120. The largest absolute Gasteiger partial charge is 0.393 e. The fraction of sp³-hybridized carbons (Fsp3) is 1.00. The van der Waals surface area contributed by atoms with Crippen LogP contribution in [-0.4, -0.2) is 47.8 Å². The Bertz CT molecular complexity index is 166. The molecule has 2 atom stereocenters. The van der Waals surface area contributed by atoms with Crippen LogP contribution in [0.3, 0.4) is 0 Å². The smallest absolute Gasteiger partial charge is 0.0564 e. The summed E-state index contributed by atoms with van der Waals surface area (Å²) in [6.07, 6.45) is 3.16. The normalized spacial score (nSPS) is 38.3. The highest BCUT2D eigenvalue weighted by Crippen LogP contribution is 2.19. The first kappa shape index (κ1) is 9.44. The average molecular weight is 184 g/mol. The summed E-state index contributed by atoms with van der Waals surface area (Å²) in [5.74, 6) is 0. The molecule has 0 spiro atoms. The van der Waals surface area contributed by atoms with Crippen molar-refractivity contribution in [3.05, 3.63) is 0 Å². The molecule has 2 fully saturated rings. The molecular weight excluding hydrogens is 164 g/mol. The van der Waals surface area contributed by atoms with Gasteiger partial charge < -0.3 is 10.4 Å². The Labute approximate surface area is 80.1 Å². The van der Waals surface area contributed by atoms with Crippen LogP contribution < -0.4 is 5.32 Å². The number of hydrogen-bond acceptors (Lipinski definition) is 3. The van der Waals surface area contributed by atoms with Crippen LogP contribution in [0.2, 0.25) is 0 Å². The van der Waals surface area contributed by atoms with Gasteiger partial charge in [0.15, 0.2) is 0 Å². The van der Waals surface area contributed by atoms with Crippen LogP contribution in [0.15, 0.2) is 0 Å². The molecular formula is C10H20N2O. The number of nitrogens with zero attached hydrogens (tertiary/aromatic N) is 1. The summed E-state index contributed by atoms with van der Waals surface area (Å²) in [5, 5.41) is 12.9. The molecule has 3 nitrogen and oxygen atoms in total. The van der Waals surface area contributed by atoms with E-state index >= 15 is 0 Å². The average Bonchev–Trinajstić information content (AvgIpc) is 2.53. The van der Waals surface area contributed by atoms with Crippen LogP contribution in [0, 0.1) is 0 Å². The van der Waals surface area contributed by atoms with Crippen molar-refractivity contribution in [1.82, 2.24) is 10.2 Å². The highest BCUT2D eigenvalue weighted by molar-refractivity contribution is 4.89. The zero-order valence-corrected chi connectivity index (χ0v) is 8.37. The fourth-order valence-electron chi connectivity index (χ4n) is 2.56. The third-order valence-electron chi connectivity index (χ3n) is 3.45. The van der Waals surface area contributed by atoms with E-state index in [0.717, 1.165) is 32.5 Å². The molecule has 0 aromatic rings. The highest BCUT2D eigenvalue weighted by Gasteiger charge is 2.30. The molecule has 2 heterocycles. The molecule has 0 radical (unpaired) electrons. The molecule has 2 saturated heterocycles.